The van der Waals surface area contributed by atoms with Crippen LogP contribution in [0.1, 0.15) is 10.4 Å². The molecule has 1 aliphatic rings. The normalized spacial score (nSPS) is 18.1. The monoisotopic (exact) mass is 381 g/mol. The highest BCUT2D eigenvalue weighted by Gasteiger charge is 2.22. The van der Waals surface area contributed by atoms with Crippen LogP contribution in [0.4, 0.5) is 5.13 Å². The first-order valence-electron chi connectivity index (χ1n) is 7.03. The predicted octanol–water partition coefficient (Wildman–Crippen LogP) is 2.42. The maximum Gasteiger partial charge on any atom is 0.256 e. The van der Waals surface area contributed by atoms with E-state index in [1.54, 1.807) is 0 Å². The largest absolute Gasteiger partial charge is 0.366 e. The van der Waals surface area contributed by atoms with Crippen molar-refractivity contribution in [3.8, 4) is 0 Å². The standard InChI is InChI=1S/C15H16BrN3O2S/c16-11-3-1-10(2-4-11)7-12-8-18-15(22-12)19-14(20)13-9-17-5-6-21-13/h1-4,8,13,17H,5-7,9H2,(H,18,19,20). The van der Waals surface area contributed by atoms with E-state index >= 15 is 0 Å². The fourth-order valence-electron chi connectivity index (χ4n) is 2.17. The third kappa shape index (κ3) is 4.13. The van der Waals surface area contributed by atoms with Crippen molar-refractivity contribution in [2.45, 2.75) is 12.5 Å². The quantitative estimate of drug-likeness (QED) is 0.853. The van der Waals surface area contributed by atoms with Crippen molar-refractivity contribution < 1.29 is 9.53 Å². The Kier molecular flexibility index (Phi) is 5.20. The summed E-state index contributed by atoms with van der Waals surface area (Å²) in [6.07, 6.45) is 2.18. The minimum absolute atomic E-state index is 0.142. The van der Waals surface area contributed by atoms with Crippen LogP contribution >= 0.6 is 27.3 Å². The number of hydrogen-bond acceptors (Lipinski definition) is 5. The number of morpholine rings is 1. The van der Waals surface area contributed by atoms with E-state index in [1.807, 2.05) is 18.3 Å². The number of thiazole rings is 1. The van der Waals surface area contributed by atoms with Gasteiger partial charge in [-0.1, -0.05) is 28.1 Å². The molecule has 0 spiro atoms. The Morgan fingerprint density at radius 2 is 2.27 bits per heavy atom. The topological polar surface area (TPSA) is 63.2 Å². The Morgan fingerprint density at radius 3 is 3.00 bits per heavy atom. The smallest absolute Gasteiger partial charge is 0.256 e. The molecule has 1 atom stereocenters. The molecule has 22 heavy (non-hydrogen) atoms. The van der Waals surface area contributed by atoms with Gasteiger partial charge >= 0.3 is 0 Å². The van der Waals surface area contributed by atoms with Crippen LogP contribution in [-0.2, 0) is 16.0 Å². The van der Waals surface area contributed by atoms with Crippen molar-refractivity contribution in [2.75, 3.05) is 25.0 Å². The second-order valence-electron chi connectivity index (χ2n) is 4.99. The molecule has 1 aromatic carbocycles. The van der Waals surface area contributed by atoms with E-state index in [0.717, 1.165) is 22.3 Å². The van der Waals surface area contributed by atoms with Crippen LogP contribution in [0, 0.1) is 0 Å². The minimum atomic E-state index is -0.437. The van der Waals surface area contributed by atoms with Gasteiger partial charge in [0.1, 0.15) is 6.10 Å². The molecule has 0 aliphatic carbocycles. The van der Waals surface area contributed by atoms with Crippen LogP contribution < -0.4 is 10.6 Å². The molecule has 5 nitrogen and oxygen atoms in total. The second kappa shape index (κ2) is 7.32. The molecule has 1 saturated heterocycles. The molecule has 3 rings (SSSR count). The number of amides is 1. The number of nitrogens with zero attached hydrogens (tertiary/aromatic N) is 1. The van der Waals surface area contributed by atoms with Crippen molar-refractivity contribution in [1.82, 2.24) is 10.3 Å². The zero-order chi connectivity index (χ0) is 15.4. The lowest BCUT2D eigenvalue weighted by molar-refractivity contribution is -0.128. The number of nitrogens with one attached hydrogen (secondary N) is 2. The number of aromatic nitrogens is 1. The Balaban J connectivity index is 1.58. The zero-order valence-electron chi connectivity index (χ0n) is 11.8. The maximum absolute atomic E-state index is 12.1. The summed E-state index contributed by atoms with van der Waals surface area (Å²) in [4.78, 5) is 17.4. The molecule has 0 bridgehead atoms. The van der Waals surface area contributed by atoms with Gasteiger partial charge in [-0.2, -0.15) is 0 Å². The summed E-state index contributed by atoms with van der Waals surface area (Å²) in [5.41, 5.74) is 1.21. The Morgan fingerprint density at radius 1 is 1.45 bits per heavy atom. The van der Waals surface area contributed by atoms with Crippen molar-refractivity contribution in [1.29, 1.82) is 0 Å². The SMILES string of the molecule is O=C(Nc1ncc(Cc2ccc(Br)cc2)s1)C1CNCCO1. The molecule has 0 radical (unpaired) electrons. The predicted molar refractivity (Wildman–Crippen MR) is 90.3 cm³/mol. The van der Waals surface area contributed by atoms with Crippen LogP contribution in [0.25, 0.3) is 0 Å². The molecule has 2 aromatic rings. The molecule has 2 heterocycles. The van der Waals surface area contributed by atoms with Gasteiger partial charge in [0, 0.05) is 35.1 Å². The Bertz CT molecular complexity index is 638. The van der Waals surface area contributed by atoms with Gasteiger partial charge in [-0.05, 0) is 17.7 Å². The fourth-order valence-corrected chi connectivity index (χ4v) is 3.28. The number of anilines is 1. The fraction of sp³-hybridized carbons (Fsp3) is 0.333. The molecule has 7 heteroatoms. The number of carbonyl (C=O) groups excluding carboxylic acids is 1. The molecule has 1 unspecified atom stereocenters. The van der Waals surface area contributed by atoms with Crippen LogP contribution in [0.2, 0.25) is 0 Å². The summed E-state index contributed by atoms with van der Waals surface area (Å²) >= 11 is 4.92. The lowest BCUT2D eigenvalue weighted by Crippen LogP contribution is -2.45. The maximum atomic E-state index is 12.1. The van der Waals surface area contributed by atoms with Gasteiger partial charge in [0.05, 0.1) is 6.61 Å². The highest BCUT2D eigenvalue weighted by Crippen LogP contribution is 2.22. The summed E-state index contributed by atoms with van der Waals surface area (Å²) in [7, 11) is 0. The minimum Gasteiger partial charge on any atom is -0.366 e. The Hall–Kier alpha value is -1.28. The first-order valence-corrected chi connectivity index (χ1v) is 8.64. The number of hydrogen-bond donors (Lipinski definition) is 2. The highest BCUT2D eigenvalue weighted by atomic mass is 79.9. The zero-order valence-corrected chi connectivity index (χ0v) is 14.2. The summed E-state index contributed by atoms with van der Waals surface area (Å²) in [5, 5.41) is 6.58. The van der Waals surface area contributed by atoms with Gasteiger partial charge in [0.25, 0.3) is 5.91 Å². The number of benzene rings is 1. The molecule has 1 aromatic heterocycles. The number of ether oxygens (including phenoxy) is 1. The van der Waals surface area contributed by atoms with Gasteiger partial charge in [0.15, 0.2) is 5.13 Å². The van der Waals surface area contributed by atoms with Gasteiger partial charge in [-0.25, -0.2) is 4.98 Å². The molecule has 1 amide bonds. The van der Waals surface area contributed by atoms with Crippen molar-refractivity contribution in [2.24, 2.45) is 0 Å². The number of rotatable bonds is 4. The number of halogens is 1. The Labute approximate surface area is 141 Å². The van der Waals surface area contributed by atoms with Crippen LogP contribution in [0.3, 0.4) is 0 Å². The molecular formula is C15H16BrN3O2S. The van der Waals surface area contributed by atoms with Crippen LogP contribution in [0.5, 0.6) is 0 Å². The molecule has 1 fully saturated rings. The number of carbonyl (C=O) groups is 1. The van der Waals surface area contributed by atoms with Gasteiger partial charge in [0.2, 0.25) is 0 Å². The molecule has 1 aliphatic heterocycles. The molecule has 116 valence electrons. The third-order valence-electron chi connectivity index (χ3n) is 3.30. The van der Waals surface area contributed by atoms with Gasteiger partial charge in [-0.3, -0.25) is 10.1 Å². The van der Waals surface area contributed by atoms with Crippen molar-refractivity contribution in [3.05, 3.63) is 45.4 Å². The average Bonchev–Trinajstić information content (AvgIpc) is 2.97. The van der Waals surface area contributed by atoms with Gasteiger partial charge in [-0.15, -0.1) is 11.3 Å². The lowest BCUT2D eigenvalue weighted by atomic mass is 10.1. The van der Waals surface area contributed by atoms with Crippen LogP contribution in [0.15, 0.2) is 34.9 Å². The molecule has 0 saturated carbocycles. The molecule has 2 N–H and O–H groups in total. The van der Waals surface area contributed by atoms with E-state index in [9.17, 15) is 4.79 Å². The van der Waals surface area contributed by atoms with E-state index in [1.165, 1.54) is 16.9 Å². The highest BCUT2D eigenvalue weighted by molar-refractivity contribution is 9.10. The first-order chi connectivity index (χ1) is 10.7. The van der Waals surface area contributed by atoms with Gasteiger partial charge < -0.3 is 10.1 Å². The van der Waals surface area contributed by atoms with Crippen LogP contribution in [-0.4, -0.2) is 36.7 Å². The second-order valence-corrected chi connectivity index (χ2v) is 7.02. The first kappa shape index (κ1) is 15.6. The van der Waals surface area contributed by atoms with E-state index in [-0.39, 0.29) is 5.91 Å². The summed E-state index contributed by atoms with van der Waals surface area (Å²) in [5.74, 6) is -0.142. The molecular weight excluding hydrogens is 366 g/mol. The van der Waals surface area contributed by atoms with E-state index in [4.69, 9.17) is 4.74 Å². The van der Waals surface area contributed by atoms with E-state index < -0.39 is 6.10 Å². The van der Waals surface area contributed by atoms with Crippen molar-refractivity contribution in [3.63, 3.8) is 0 Å². The summed E-state index contributed by atoms with van der Waals surface area (Å²) < 4.78 is 6.49. The summed E-state index contributed by atoms with van der Waals surface area (Å²) in [6.45, 7) is 1.89. The van der Waals surface area contributed by atoms with Crippen molar-refractivity contribution >= 4 is 38.3 Å². The third-order valence-corrected chi connectivity index (χ3v) is 4.74. The van der Waals surface area contributed by atoms with E-state index in [0.29, 0.717) is 18.3 Å². The average molecular weight is 382 g/mol. The summed E-state index contributed by atoms with van der Waals surface area (Å²) in [6, 6.07) is 8.19. The lowest BCUT2D eigenvalue weighted by Gasteiger charge is -2.22. The van der Waals surface area contributed by atoms with E-state index in [2.05, 4.69) is 43.7 Å².